The van der Waals surface area contributed by atoms with Crippen LogP contribution in [0.2, 0.25) is 0 Å². The van der Waals surface area contributed by atoms with E-state index in [-0.39, 0.29) is 30.5 Å². The molecule has 0 radical (unpaired) electrons. The number of ether oxygens (including phenoxy) is 1. The Morgan fingerprint density at radius 3 is 2.26 bits per heavy atom. The molecule has 0 spiro atoms. The Labute approximate surface area is 116 Å². The quantitative estimate of drug-likeness (QED) is 0.647. The van der Waals surface area contributed by atoms with E-state index in [1.165, 1.54) is 0 Å². The van der Waals surface area contributed by atoms with E-state index in [0.717, 1.165) is 12.8 Å². The molecule has 0 atom stereocenters. The second-order valence-corrected chi connectivity index (χ2v) is 5.30. The van der Waals surface area contributed by atoms with Crippen LogP contribution in [0, 0.1) is 0 Å². The maximum Gasteiger partial charge on any atom is 0.320 e. The summed E-state index contributed by atoms with van der Waals surface area (Å²) in [6.45, 7) is 11.3. The van der Waals surface area contributed by atoms with E-state index in [9.17, 15) is 9.59 Å². The van der Waals surface area contributed by atoms with Crippen LogP contribution in [0.15, 0.2) is 0 Å². The number of carbonyl (C=O) groups is 2. The number of nitrogens with zero attached hydrogens (tertiary/aromatic N) is 1. The van der Waals surface area contributed by atoms with E-state index in [2.05, 4.69) is 5.32 Å². The van der Waals surface area contributed by atoms with Crippen LogP contribution in [0.5, 0.6) is 0 Å². The van der Waals surface area contributed by atoms with Gasteiger partial charge in [-0.3, -0.25) is 14.5 Å². The van der Waals surface area contributed by atoms with Crippen molar-refractivity contribution in [3.05, 3.63) is 0 Å². The highest BCUT2D eigenvalue weighted by Gasteiger charge is 2.20. The lowest BCUT2D eigenvalue weighted by Gasteiger charge is -2.27. The molecule has 0 aromatic heterocycles. The summed E-state index contributed by atoms with van der Waals surface area (Å²) in [4.78, 5) is 25.2. The Kier molecular flexibility index (Phi) is 8.39. The summed E-state index contributed by atoms with van der Waals surface area (Å²) in [6.07, 6.45) is 1.76. The third kappa shape index (κ3) is 8.59. The lowest BCUT2D eigenvalue weighted by Crippen LogP contribution is -2.48. The van der Waals surface area contributed by atoms with Gasteiger partial charge in [0.25, 0.3) is 0 Å². The van der Waals surface area contributed by atoms with Crippen LogP contribution in [0.25, 0.3) is 0 Å². The fraction of sp³-hybridized carbons (Fsp3) is 0.857. The lowest BCUT2D eigenvalue weighted by atomic mass is 10.0. The number of amides is 1. The molecule has 0 fully saturated rings. The van der Waals surface area contributed by atoms with Crippen LogP contribution in [-0.2, 0) is 14.3 Å². The van der Waals surface area contributed by atoms with Crippen molar-refractivity contribution in [2.45, 2.75) is 53.0 Å². The Bertz CT molecular complexity index is 290. The van der Waals surface area contributed by atoms with Crippen molar-refractivity contribution < 1.29 is 14.3 Å². The first kappa shape index (κ1) is 17.9. The number of rotatable bonds is 9. The minimum absolute atomic E-state index is 0.0513. The van der Waals surface area contributed by atoms with Crippen LogP contribution in [0.4, 0.5) is 0 Å². The van der Waals surface area contributed by atoms with Gasteiger partial charge in [-0.1, -0.05) is 13.8 Å². The van der Waals surface area contributed by atoms with E-state index in [1.807, 2.05) is 32.6 Å². The summed E-state index contributed by atoms with van der Waals surface area (Å²) in [5, 5.41) is 2.97. The highest BCUT2D eigenvalue weighted by Crippen LogP contribution is 2.06. The molecule has 0 aromatic rings. The molecular weight excluding hydrogens is 244 g/mol. The average Bonchev–Trinajstić information content (AvgIpc) is 2.28. The van der Waals surface area contributed by atoms with Gasteiger partial charge >= 0.3 is 5.97 Å². The molecule has 0 aliphatic heterocycles. The Morgan fingerprint density at radius 2 is 1.79 bits per heavy atom. The van der Waals surface area contributed by atoms with E-state index >= 15 is 0 Å². The van der Waals surface area contributed by atoms with Gasteiger partial charge in [0.1, 0.15) is 0 Å². The Morgan fingerprint density at radius 1 is 1.16 bits per heavy atom. The summed E-state index contributed by atoms with van der Waals surface area (Å²) in [7, 11) is 0. The van der Waals surface area contributed by atoms with Crippen molar-refractivity contribution in [3.63, 3.8) is 0 Å². The summed E-state index contributed by atoms with van der Waals surface area (Å²) in [5.41, 5.74) is -0.209. The van der Waals surface area contributed by atoms with Crippen molar-refractivity contribution in [1.29, 1.82) is 0 Å². The van der Waals surface area contributed by atoms with Gasteiger partial charge in [-0.2, -0.15) is 0 Å². The molecular formula is C14H28N2O3. The Hall–Kier alpha value is -1.10. The fourth-order valence-electron chi connectivity index (χ4n) is 1.63. The molecule has 0 aromatic carbocycles. The molecule has 5 nitrogen and oxygen atoms in total. The highest BCUT2D eigenvalue weighted by molar-refractivity contribution is 5.79. The van der Waals surface area contributed by atoms with Gasteiger partial charge in [-0.15, -0.1) is 0 Å². The summed E-state index contributed by atoms with van der Waals surface area (Å²) < 4.78 is 4.91. The van der Waals surface area contributed by atoms with Gasteiger partial charge in [0.2, 0.25) is 5.91 Å². The molecule has 112 valence electrons. The largest absolute Gasteiger partial charge is 0.465 e. The van der Waals surface area contributed by atoms with E-state index in [4.69, 9.17) is 4.74 Å². The van der Waals surface area contributed by atoms with E-state index < -0.39 is 0 Å². The van der Waals surface area contributed by atoms with Crippen LogP contribution in [-0.4, -0.2) is 48.6 Å². The third-order valence-electron chi connectivity index (χ3n) is 2.93. The van der Waals surface area contributed by atoms with Crippen molar-refractivity contribution in [2.75, 3.05) is 26.2 Å². The van der Waals surface area contributed by atoms with Gasteiger partial charge in [-0.05, 0) is 40.2 Å². The van der Waals surface area contributed by atoms with E-state index in [0.29, 0.717) is 13.2 Å². The fourth-order valence-corrected chi connectivity index (χ4v) is 1.63. The SMILES string of the molecule is CCCN(CC(=O)NC(C)(C)CC)CC(=O)OCC. The zero-order valence-corrected chi connectivity index (χ0v) is 12.9. The minimum Gasteiger partial charge on any atom is -0.465 e. The van der Waals surface area contributed by atoms with E-state index in [1.54, 1.807) is 6.92 Å². The van der Waals surface area contributed by atoms with Crippen molar-refractivity contribution >= 4 is 11.9 Å². The molecule has 1 amide bonds. The van der Waals surface area contributed by atoms with Crippen LogP contribution >= 0.6 is 0 Å². The van der Waals surface area contributed by atoms with Crippen molar-refractivity contribution in [1.82, 2.24) is 10.2 Å². The van der Waals surface area contributed by atoms with Crippen molar-refractivity contribution in [2.24, 2.45) is 0 Å². The highest BCUT2D eigenvalue weighted by atomic mass is 16.5. The van der Waals surface area contributed by atoms with Gasteiger partial charge in [0.05, 0.1) is 19.7 Å². The second-order valence-electron chi connectivity index (χ2n) is 5.30. The van der Waals surface area contributed by atoms with Gasteiger partial charge in [0, 0.05) is 5.54 Å². The first-order chi connectivity index (χ1) is 8.84. The predicted octanol–water partition coefficient (Wildman–Crippen LogP) is 1.57. The first-order valence-corrected chi connectivity index (χ1v) is 7.03. The standard InChI is InChI=1S/C14H28N2O3/c1-6-9-16(11-13(18)19-8-3)10-12(17)15-14(4,5)7-2/h6-11H2,1-5H3,(H,15,17). The number of carbonyl (C=O) groups excluding carboxylic acids is 2. The molecule has 0 aliphatic rings. The molecule has 5 heteroatoms. The zero-order chi connectivity index (χ0) is 14.9. The molecule has 0 bridgehead atoms. The number of hydrogen-bond acceptors (Lipinski definition) is 4. The lowest BCUT2D eigenvalue weighted by molar-refractivity contribution is -0.144. The zero-order valence-electron chi connectivity index (χ0n) is 12.9. The number of esters is 1. The van der Waals surface area contributed by atoms with Gasteiger partial charge in [-0.25, -0.2) is 0 Å². The summed E-state index contributed by atoms with van der Waals surface area (Å²) in [5.74, 6) is -0.330. The van der Waals surface area contributed by atoms with Crippen LogP contribution < -0.4 is 5.32 Å². The maximum absolute atomic E-state index is 11.9. The molecule has 19 heavy (non-hydrogen) atoms. The molecule has 0 heterocycles. The topological polar surface area (TPSA) is 58.6 Å². The Balaban J connectivity index is 4.33. The maximum atomic E-state index is 11.9. The molecule has 0 saturated heterocycles. The molecule has 0 unspecified atom stereocenters. The molecule has 1 N–H and O–H groups in total. The summed E-state index contributed by atoms with van der Waals surface area (Å²) >= 11 is 0. The van der Waals surface area contributed by atoms with Crippen LogP contribution in [0.1, 0.15) is 47.5 Å². The average molecular weight is 272 g/mol. The summed E-state index contributed by atoms with van der Waals surface area (Å²) in [6, 6.07) is 0. The first-order valence-electron chi connectivity index (χ1n) is 7.03. The minimum atomic E-state index is -0.279. The number of hydrogen-bond donors (Lipinski definition) is 1. The van der Waals surface area contributed by atoms with Crippen LogP contribution in [0.3, 0.4) is 0 Å². The number of nitrogens with one attached hydrogen (secondary N) is 1. The second kappa shape index (κ2) is 8.91. The van der Waals surface area contributed by atoms with Gasteiger partial charge in [0.15, 0.2) is 0 Å². The molecule has 0 rings (SSSR count). The predicted molar refractivity (Wildman–Crippen MR) is 75.9 cm³/mol. The third-order valence-corrected chi connectivity index (χ3v) is 2.93. The monoisotopic (exact) mass is 272 g/mol. The normalized spacial score (nSPS) is 11.5. The smallest absolute Gasteiger partial charge is 0.320 e. The van der Waals surface area contributed by atoms with Crippen molar-refractivity contribution in [3.8, 4) is 0 Å². The van der Waals surface area contributed by atoms with Gasteiger partial charge < -0.3 is 10.1 Å². The molecule has 0 saturated carbocycles. The molecule has 0 aliphatic carbocycles.